The van der Waals surface area contributed by atoms with E-state index in [1.807, 2.05) is 10.9 Å². The van der Waals surface area contributed by atoms with Crippen molar-refractivity contribution in [1.82, 2.24) is 9.78 Å². The fraction of sp³-hybridized carbons (Fsp3) is 0.727. The van der Waals surface area contributed by atoms with Gasteiger partial charge in [0.15, 0.2) is 0 Å². The maximum absolute atomic E-state index is 6.00. The van der Waals surface area contributed by atoms with Gasteiger partial charge in [0.2, 0.25) is 0 Å². The molecule has 3 rings (SSSR count). The summed E-state index contributed by atoms with van der Waals surface area (Å²) < 4.78 is 7.88. The third-order valence-corrected chi connectivity index (χ3v) is 3.33. The van der Waals surface area contributed by atoms with Crippen LogP contribution in [-0.4, -0.2) is 22.0 Å². The van der Waals surface area contributed by atoms with Crippen LogP contribution >= 0.6 is 0 Å². The lowest BCUT2D eigenvalue weighted by Crippen LogP contribution is -2.18. The van der Waals surface area contributed by atoms with Gasteiger partial charge in [-0.15, -0.1) is 0 Å². The Morgan fingerprint density at radius 3 is 2.93 bits per heavy atom. The van der Waals surface area contributed by atoms with Crippen molar-refractivity contribution in [3.05, 3.63) is 12.4 Å². The first-order valence-corrected chi connectivity index (χ1v) is 5.74. The monoisotopic (exact) mass is 207 g/mol. The first-order chi connectivity index (χ1) is 7.31. The van der Waals surface area contributed by atoms with Crippen LogP contribution in [0, 0.1) is 5.92 Å². The number of nitrogens with zero attached hydrogens (tertiary/aromatic N) is 2. The number of rotatable bonds is 3. The molecule has 2 unspecified atom stereocenters. The molecule has 1 saturated heterocycles. The molecule has 2 atom stereocenters. The van der Waals surface area contributed by atoms with E-state index < -0.39 is 0 Å². The lowest BCUT2D eigenvalue weighted by Gasteiger charge is -2.12. The van der Waals surface area contributed by atoms with Gasteiger partial charge in [-0.05, 0) is 31.6 Å². The SMILES string of the molecule is Nc1cnn(CC2CCC(C3CC3)O2)c1. The molecule has 1 saturated carbocycles. The lowest BCUT2D eigenvalue weighted by atomic mass is 10.1. The second-order valence-electron chi connectivity index (χ2n) is 4.71. The number of hydrogen-bond donors (Lipinski definition) is 1. The van der Waals surface area contributed by atoms with Crippen molar-refractivity contribution in [2.75, 3.05) is 5.73 Å². The van der Waals surface area contributed by atoms with Gasteiger partial charge in [0.1, 0.15) is 0 Å². The molecule has 4 heteroatoms. The van der Waals surface area contributed by atoms with E-state index in [9.17, 15) is 0 Å². The molecule has 2 fully saturated rings. The molecule has 1 aliphatic carbocycles. The zero-order valence-corrected chi connectivity index (χ0v) is 8.80. The first kappa shape index (κ1) is 9.21. The average molecular weight is 207 g/mol. The summed E-state index contributed by atoms with van der Waals surface area (Å²) in [4.78, 5) is 0. The average Bonchev–Trinajstić information content (AvgIpc) is 2.84. The van der Waals surface area contributed by atoms with Crippen molar-refractivity contribution in [1.29, 1.82) is 0 Å². The minimum Gasteiger partial charge on any atom is -0.396 e. The minimum atomic E-state index is 0.342. The second-order valence-corrected chi connectivity index (χ2v) is 4.71. The van der Waals surface area contributed by atoms with Crippen LogP contribution in [0.1, 0.15) is 25.7 Å². The van der Waals surface area contributed by atoms with E-state index in [0.29, 0.717) is 12.2 Å². The molecule has 2 heterocycles. The van der Waals surface area contributed by atoms with Gasteiger partial charge in [-0.3, -0.25) is 4.68 Å². The van der Waals surface area contributed by atoms with Gasteiger partial charge in [-0.25, -0.2) is 0 Å². The first-order valence-electron chi connectivity index (χ1n) is 5.74. The predicted octanol–water partition coefficient (Wildman–Crippen LogP) is 1.42. The van der Waals surface area contributed by atoms with Crippen LogP contribution in [0.4, 0.5) is 5.69 Å². The molecule has 0 amide bonds. The summed E-state index contributed by atoms with van der Waals surface area (Å²) in [6.07, 6.45) is 9.56. The zero-order chi connectivity index (χ0) is 10.3. The van der Waals surface area contributed by atoms with Crippen LogP contribution in [0.15, 0.2) is 12.4 Å². The van der Waals surface area contributed by atoms with E-state index in [2.05, 4.69) is 5.10 Å². The normalized spacial score (nSPS) is 30.9. The molecule has 1 aromatic rings. The Bertz CT molecular complexity index is 345. The third-order valence-electron chi connectivity index (χ3n) is 3.33. The smallest absolute Gasteiger partial charge is 0.0775 e. The molecule has 1 aliphatic heterocycles. The molecular formula is C11H17N3O. The summed E-state index contributed by atoms with van der Waals surface area (Å²) in [7, 11) is 0. The molecule has 2 N–H and O–H groups in total. The van der Waals surface area contributed by atoms with E-state index in [-0.39, 0.29) is 0 Å². The van der Waals surface area contributed by atoms with E-state index in [1.165, 1.54) is 25.7 Å². The van der Waals surface area contributed by atoms with Crippen molar-refractivity contribution >= 4 is 5.69 Å². The van der Waals surface area contributed by atoms with Crippen molar-refractivity contribution in [2.24, 2.45) is 5.92 Å². The Morgan fingerprint density at radius 2 is 2.27 bits per heavy atom. The van der Waals surface area contributed by atoms with E-state index >= 15 is 0 Å². The van der Waals surface area contributed by atoms with Gasteiger partial charge in [-0.2, -0.15) is 5.10 Å². The molecule has 15 heavy (non-hydrogen) atoms. The van der Waals surface area contributed by atoms with Gasteiger partial charge in [0, 0.05) is 6.20 Å². The van der Waals surface area contributed by atoms with E-state index in [0.717, 1.165) is 18.2 Å². The Morgan fingerprint density at radius 1 is 1.40 bits per heavy atom. The van der Waals surface area contributed by atoms with Gasteiger partial charge < -0.3 is 10.5 Å². The standard InChI is InChI=1S/C11H17N3O/c12-9-5-13-14(6-9)7-10-3-4-11(15-10)8-1-2-8/h5-6,8,10-11H,1-4,7,12H2. The summed E-state index contributed by atoms with van der Waals surface area (Å²) in [6, 6.07) is 0. The Labute approximate surface area is 89.4 Å². The summed E-state index contributed by atoms with van der Waals surface area (Å²) in [6.45, 7) is 0.848. The minimum absolute atomic E-state index is 0.342. The Balaban J connectivity index is 1.56. The lowest BCUT2D eigenvalue weighted by molar-refractivity contribution is 0.0225. The van der Waals surface area contributed by atoms with Gasteiger partial charge >= 0.3 is 0 Å². The van der Waals surface area contributed by atoms with Crippen LogP contribution in [0.25, 0.3) is 0 Å². The third kappa shape index (κ3) is 2.00. The van der Waals surface area contributed by atoms with Gasteiger partial charge in [0.25, 0.3) is 0 Å². The number of nitrogen functional groups attached to an aromatic ring is 1. The largest absolute Gasteiger partial charge is 0.396 e. The maximum atomic E-state index is 6.00. The summed E-state index contributed by atoms with van der Waals surface area (Å²) in [5.74, 6) is 0.859. The molecule has 1 aromatic heterocycles. The van der Waals surface area contributed by atoms with Crippen LogP contribution in [0.3, 0.4) is 0 Å². The predicted molar refractivity (Wildman–Crippen MR) is 57.3 cm³/mol. The highest BCUT2D eigenvalue weighted by atomic mass is 16.5. The fourth-order valence-corrected chi connectivity index (χ4v) is 2.37. The van der Waals surface area contributed by atoms with Crippen LogP contribution < -0.4 is 5.73 Å². The molecule has 2 aliphatic rings. The summed E-state index contributed by atoms with van der Waals surface area (Å²) >= 11 is 0. The fourth-order valence-electron chi connectivity index (χ4n) is 2.37. The quantitative estimate of drug-likeness (QED) is 0.815. The molecule has 0 radical (unpaired) electrons. The molecule has 82 valence electrons. The molecule has 0 bridgehead atoms. The highest BCUT2D eigenvalue weighted by Crippen LogP contribution is 2.40. The van der Waals surface area contributed by atoms with Gasteiger partial charge in [0.05, 0.1) is 30.6 Å². The number of ether oxygens (including phenoxy) is 1. The molecule has 0 aromatic carbocycles. The van der Waals surface area contributed by atoms with Crippen LogP contribution in [0.5, 0.6) is 0 Å². The summed E-state index contributed by atoms with van der Waals surface area (Å²) in [5.41, 5.74) is 6.34. The van der Waals surface area contributed by atoms with Crippen molar-refractivity contribution < 1.29 is 4.74 Å². The van der Waals surface area contributed by atoms with E-state index in [4.69, 9.17) is 10.5 Å². The number of hydrogen-bond acceptors (Lipinski definition) is 3. The second kappa shape index (κ2) is 3.52. The highest BCUT2D eigenvalue weighted by molar-refractivity contribution is 5.30. The topological polar surface area (TPSA) is 53.1 Å². The molecule has 0 spiro atoms. The Kier molecular flexibility index (Phi) is 2.16. The van der Waals surface area contributed by atoms with Crippen molar-refractivity contribution in [2.45, 2.75) is 44.4 Å². The molecule has 4 nitrogen and oxygen atoms in total. The van der Waals surface area contributed by atoms with Crippen LogP contribution in [-0.2, 0) is 11.3 Å². The van der Waals surface area contributed by atoms with Crippen molar-refractivity contribution in [3.8, 4) is 0 Å². The van der Waals surface area contributed by atoms with Crippen molar-refractivity contribution in [3.63, 3.8) is 0 Å². The Hall–Kier alpha value is -1.03. The molecular weight excluding hydrogens is 190 g/mol. The van der Waals surface area contributed by atoms with E-state index in [1.54, 1.807) is 6.20 Å². The van der Waals surface area contributed by atoms with Crippen LogP contribution in [0.2, 0.25) is 0 Å². The number of nitrogens with two attached hydrogens (primary N) is 1. The zero-order valence-electron chi connectivity index (χ0n) is 8.80. The highest BCUT2D eigenvalue weighted by Gasteiger charge is 2.37. The number of aromatic nitrogens is 2. The van der Waals surface area contributed by atoms with Gasteiger partial charge in [-0.1, -0.05) is 0 Å². The maximum Gasteiger partial charge on any atom is 0.0775 e. The summed E-state index contributed by atoms with van der Waals surface area (Å²) in [5, 5.41) is 4.18. The number of anilines is 1.